The first kappa shape index (κ1) is 15.1. The highest BCUT2D eigenvalue weighted by atomic mass is 16.1. The number of aromatic nitrogens is 2. The first-order chi connectivity index (χ1) is 10.0. The van der Waals surface area contributed by atoms with Crippen LogP contribution in [0.5, 0.6) is 0 Å². The highest BCUT2D eigenvalue weighted by Crippen LogP contribution is 2.16. The lowest BCUT2D eigenvalue weighted by atomic mass is 10.1. The smallest absolute Gasteiger partial charge is 0.224 e. The van der Waals surface area contributed by atoms with Gasteiger partial charge in [-0.05, 0) is 31.5 Å². The third kappa shape index (κ3) is 3.62. The van der Waals surface area contributed by atoms with Crippen molar-refractivity contribution in [3.8, 4) is 0 Å². The van der Waals surface area contributed by atoms with E-state index in [1.165, 1.54) is 11.3 Å². The van der Waals surface area contributed by atoms with E-state index in [1.54, 1.807) is 7.05 Å². The highest BCUT2D eigenvalue weighted by Gasteiger charge is 2.08. The molecule has 21 heavy (non-hydrogen) atoms. The fourth-order valence-corrected chi connectivity index (χ4v) is 2.28. The van der Waals surface area contributed by atoms with Crippen LogP contribution in [0.3, 0.4) is 0 Å². The normalized spacial score (nSPS) is 10.5. The SMILES string of the molecule is CNC(=O)Cc1ccc(NCc2c(C)nn(C)c2C)cc1. The van der Waals surface area contributed by atoms with Gasteiger partial charge in [0.15, 0.2) is 0 Å². The number of carbonyl (C=O) groups excluding carboxylic acids is 1. The fraction of sp³-hybridized carbons (Fsp3) is 0.375. The van der Waals surface area contributed by atoms with Gasteiger partial charge in [0.2, 0.25) is 5.91 Å². The largest absolute Gasteiger partial charge is 0.381 e. The van der Waals surface area contributed by atoms with Crippen LogP contribution in [-0.2, 0) is 24.8 Å². The number of amides is 1. The van der Waals surface area contributed by atoms with Crippen LogP contribution >= 0.6 is 0 Å². The molecule has 0 bridgehead atoms. The van der Waals surface area contributed by atoms with Gasteiger partial charge in [-0.1, -0.05) is 12.1 Å². The van der Waals surface area contributed by atoms with Gasteiger partial charge in [-0.2, -0.15) is 5.10 Å². The fourth-order valence-electron chi connectivity index (χ4n) is 2.28. The monoisotopic (exact) mass is 286 g/mol. The molecule has 2 rings (SSSR count). The Labute approximate surface area is 125 Å². The molecule has 0 aliphatic carbocycles. The van der Waals surface area contributed by atoms with Crippen molar-refractivity contribution in [1.82, 2.24) is 15.1 Å². The summed E-state index contributed by atoms with van der Waals surface area (Å²) in [4.78, 5) is 11.3. The summed E-state index contributed by atoms with van der Waals surface area (Å²) in [5.74, 6) is 0.0253. The molecule has 2 N–H and O–H groups in total. The molecule has 0 atom stereocenters. The van der Waals surface area contributed by atoms with E-state index >= 15 is 0 Å². The van der Waals surface area contributed by atoms with Crippen molar-refractivity contribution in [3.05, 3.63) is 46.8 Å². The second kappa shape index (κ2) is 6.43. The number of hydrogen-bond acceptors (Lipinski definition) is 3. The minimum Gasteiger partial charge on any atom is -0.381 e. The van der Waals surface area contributed by atoms with Crippen molar-refractivity contribution < 1.29 is 4.79 Å². The molecule has 0 fully saturated rings. The first-order valence-electron chi connectivity index (χ1n) is 7.03. The average molecular weight is 286 g/mol. The average Bonchev–Trinajstić information content (AvgIpc) is 2.71. The van der Waals surface area contributed by atoms with Crippen LogP contribution in [0.15, 0.2) is 24.3 Å². The van der Waals surface area contributed by atoms with Gasteiger partial charge in [0.25, 0.3) is 0 Å². The summed E-state index contributed by atoms with van der Waals surface area (Å²) in [5, 5.41) is 10.4. The second-order valence-corrected chi connectivity index (χ2v) is 5.17. The van der Waals surface area contributed by atoms with Gasteiger partial charge in [0.05, 0.1) is 12.1 Å². The van der Waals surface area contributed by atoms with E-state index in [-0.39, 0.29) is 5.91 Å². The quantitative estimate of drug-likeness (QED) is 0.883. The van der Waals surface area contributed by atoms with Crippen LogP contribution < -0.4 is 10.6 Å². The Morgan fingerprint density at radius 1 is 1.24 bits per heavy atom. The minimum atomic E-state index is 0.0253. The predicted octanol–water partition coefficient (Wildman–Crippen LogP) is 1.94. The lowest BCUT2D eigenvalue weighted by molar-refractivity contribution is -0.119. The van der Waals surface area contributed by atoms with Crippen LogP contribution in [0.25, 0.3) is 0 Å². The molecular formula is C16H22N4O. The molecular weight excluding hydrogens is 264 g/mol. The number of hydrogen-bond donors (Lipinski definition) is 2. The Kier molecular flexibility index (Phi) is 4.62. The predicted molar refractivity (Wildman–Crippen MR) is 84.2 cm³/mol. The van der Waals surface area contributed by atoms with Crippen LogP contribution in [0.4, 0.5) is 5.69 Å². The summed E-state index contributed by atoms with van der Waals surface area (Å²) in [6.07, 6.45) is 0.414. The van der Waals surface area contributed by atoms with Crippen LogP contribution in [0.2, 0.25) is 0 Å². The summed E-state index contributed by atoms with van der Waals surface area (Å²) in [7, 11) is 3.61. The van der Waals surface area contributed by atoms with Crippen molar-refractivity contribution >= 4 is 11.6 Å². The van der Waals surface area contributed by atoms with Gasteiger partial charge in [-0.3, -0.25) is 9.48 Å². The Hall–Kier alpha value is -2.30. The standard InChI is InChI=1S/C16H22N4O/c1-11-15(12(2)20(4)19-11)10-18-14-7-5-13(6-8-14)9-16(21)17-3/h5-8,18H,9-10H2,1-4H3,(H,17,21). The van der Waals surface area contributed by atoms with Gasteiger partial charge in [0, 0.05) is 37.6 Å². The van der Waals surface area contributed by atoms with Crippen molar-refractivity contribution in [3.63, 3.8) is 0 Å². The zero-order valence-corrected chi connectivity index (χ0v) is 13.0. The Bertz CT molecular complexity index is 628. The van der Waals surface area contributed by atoms with E-state index in [0.29, 0.717) is 6.42 Å². The van der Waals surface area contributed by atoms with Crippen molar-refractivity contribution in [2.45, 2.75) is 26.8 Å². The number of nitrogens with zero attached hydrogens (tertiary/aromatic N) is 2. The van der Waals surface area contributed by atoms with E-state index in [0.717, 1.165) is 23.5 Å². The number of aryl methyl sites for hydroxylation is 2. The first-order valence-corrected chi connectivity index (χ1v) is 7.03. The molecule has 0 spiro atoms. The Morgan fingerprint density at radius 3 is 2.43 bits per heavy atom. The maximum absolute atomic E-state index is 11.3. The summed E-state index contributed by atoms with van der Waals surface area (Å²) in [5.41, 5.74) is 5.51. The topological polar surface area (TPSA) is 59.0 Å². The zero-order valence-electron chi connectivity index (χ0n) is 13.0. The maximum Gasteiger partial charge on any atom is 0.224 e. The second-order valence-electron chi connectivity index (χ2n) is 5.17. The Morgan fingerprint density at radius 2 is 1.90 bits per heavy atom. The van der Waals surface area contributed by atoms with Crippen molar-refractivity contribution in [2.24, 2.45) is 7.05 Å². The van der Waals surface area contributed by atoms with E-state index < -0.39 is 0 Å². The molecule has 5 heteroatoms. The van der Waals surface area contributed by atoms with E-state index in [1.807, 2.05) is 42.9 Å². The molecule has 5 nitrogen and oxygen atoms in total. The molecule has 0 saturated heterocycles. The van der Waals surface area contributed by atoms with Crippen LogP contribution in [0, 0.1) is 13.8 Å². The molecule has 1 aromatic heterocycles. The van der Waals surface area contributed by atoms with Gasteiger partial charge >= 0.3 is 0 Å². The van der Waals surface area contributed by atoms with Crippen molar-refractivity contribution in [2.75, 3.05) is 12.4 Å². The Balaban J connectivity index is 1.99. The third-order valence-corrected chi connectivity index (χ3v) is 3.73. The van der Waals surface area contributed by atoms with Gasteiger partial charge in [-0.15, -0.1) is 0 Å². The molecule has 1 amide bonds. The number of nitrogens with one attached hydrogen (secondary N) is 2. The number of benzene rings is 1. The molecule has 1 heterocycles. The molecule has 0 aliphatic rings. The van der Waals surface area contributed by atoms with Gasteiger partial charge in [0.1, 0.15) is 0 Å². The van der Waals surface area contributed by atoms with E-state index in [9.17, 15) is 4.79 Å². The maximum atomic E-state index is 11.3. The van der Waals surface area contributed by atoms with E-state index in [2.05, 4.69) is 22.7 Å². The highest BCUT2D eigenvalue weighted by molar-refractivity contribution is 5.78. The molecule has 1 aromatic carbocycles. The molecule has 0 radical (unpaired) electrons. The van der Waals surface area contributed by atoms with Gasteiger partial charge < -0.3 is 10.6 Å². The van der Waals surface area contributed by atoms with E-state index in [4.69, 9.17) is 0 Å². The number of anilines is 1. The third-order valence-electron chi connectivity index (χ3n) is 3.73. The summed E-state index contributed by atoms with van der Waals surface area (Å²) < 4.78 is 1.90. The molecule has 2 aromatic rings. The van der Waals surface area contributed by atoms with Crippen molar-refractivity contribution in [1.29, 1.82) is 0 Å². The molecule has 0 aliphatic heterocycles. The molecule has 0 saturated carbocycles. The molecule has 0 unspecified atom stereocenters. The number of likely N-dealkylation sites (N-methyl/N-ethyl adjacent to an activating group) is 1. The molecule has 112 valence electrons. The van der Waals surface area contributed by atoms with Gasteiger partial charge in [-0.25, -0.2) is 0 Å². The number of carbonyl (C=O) groups is 1. The lowest BCUT2D eigenvalue weighted by Crippen LogP contribution is -2.19. The zero-order chi connectivity index (χ0) is 15.4. The minimum absolute atomic E-state index is 0.0253. The summed E-state index contributed by atoms with van der Waals surface area (Å²) in [6, 6.07) is 7.94. The summed E-state index contributed by atoms with van der Waals surface area (Å²) >= 11 is 0. The number of rotatable bonds is 5. The lowest BCUT2D eigenvalue weighted by Gasteiger charge is -2.08. The summed E-state index contributed by atoms with van der Waals surface area (Å²) in [6.45, 7) is 4.85. The van der Waals surface area contributed by atoms with Crippen LogP contribution in [0.1, 0.15) is 22.5 Å². The van der Waals surface area contributed by atoms with Crippen LogP contribution in [-0.4, -0.2) is 22.7 Å².